The minimum Gasteiger partial charge on any atom is -0.355 e. The number of hydrogen-bond donors (Lipinski definition) is 1. The van der Waals surface area contributed by atoms with Gasteiger partial charge in [-0.2, -0.15) is 0 Å². The fourth-order valence-corrected chi connectivity index (χ4v) is 5.07. The molecule has 1 N–H and O–H groups in total. The molecule has 1 atom stereocenters. The normalized spacial score (nSPS) is 19.0. The van der Waals surface area contributed by atoms with E-state index in [-0.39, 0.29) is 17.7 Å². The summed E-state index contributed by atoms with van der Waals surface area (Å²) in [4.78, 5) is 41.3. The highest BCUT2D eigenvalue weighted by Gasteiger charge is 2.29. The number of benzene rings is 2. The zero-order chi connectivity index (χ0) is 24.0. The van der Waals surface area contributed by atoms with Crippen molar-refractivity contribution in [2.75, 3.05) is 57.3 Å². The van der Waals surface area contributed by atoms with Gasteiger partial charge in [-0.1, -0.05) is 36.4 Å². The summed E-state index contributed by atoms with van der Waals surface area (Å²) in [5.74, 6) is 0.686. The predicted molar refractivity (Wildman–Crippen MR) is 136 cm³/mol. The van der Waals surface area contributed by atoms with Gasteiger partial charge in [-0.3, -0.25) is 14.5 Å². The Morgan fingerprint density at radius 1 is 0.914 bits per heavy atom. The summed E-state index contributed by atoms with van der Waals surface area (Å²) in [6.07, 6.45) is 5.21. The Bertz CT molecular complexity index is 1160. The van der Waals surface area contributed by atoms with Crippen LogP contribution in [0.25, 0.3) is 10.8 Å². The molecule has 182 valence electrons. The van der Waals surface area contributed by atoms with Gasteiger partial charge in [-0.05, 0) is 35.7 Å². The molecule has 2 aliphatic heterocycles. The van der Waals surface area contributed by atoms with Crippen molar-refractivity contribution in [3.63, 3.8) is 0 Å². The average Bonchev–Trinajstić information content (AvgIpc) is 2.93. The molecule has 0 radical (unpaired) electrons. The van der Waals surface area contributed by atoms with Gasteiger partial charge < -0.3 is 15.1 Å². The molecule has 2 aliphatic rings. The van der Waals surface area contributed by atoms with E-state index in [2.05, 4.69) is 25.1 Å². The van der Waals surface area contributed by atoms with Crippen molar-refractivity contribution >= 4 is 28.5 Å². The lowest BCUT2D eigenvalue weighted by atomic mass is 9.95. The number of aromatic nitrogens is 2. The van der Waals surface area contributed by atoms with Crippen molar-refractivity contribution in [1.82, 2.24) is 25.1 Å². The Balaban J connectivity index is 1.10. The summed E-state index contributed by atoms with van der Waals surface area (Å²) < 4.78 is 0. The molecule has 2 amide bonds. The van der Waals surface area contributed by atoms with Crippen LogP contribution in [0.2, 0.25) is 0 Å². The number of likely N-dealkylation sites (tertiary alicyclic amines) is 1. The first-order valence-corrected chi connectivity index (χ1v) is 12.5. The molecule has 3 aromatic rings. The Morgan fingerprint density at radius 2 is 1.69 bits per heavy atom. The lowest BCUT2D eigenvalue weighted by Gasteiger charge is -2.35. The van der Waals surface area contributed by atoms with Crippen LogP contribution in [0.3, 0.4) is 0 Å². The summed E-state index contributed by atoms with van der Waals surface area (Å²) >= 11 is 0. The minimum atomic E-state index is -0.158. The number of carbonyl (C=O) groups excluding carboxylic acids is 2. The van der Waals surface area contributed by atoms with E-state index in [4.69, 9.17) is 0 Å². The predicted octanol–water partition coefficient (Wildman–Crippen LogP) is 2.42. The molecular weight excluding hydrogens is 440 g/mol. The molecule has 0 saturated carbocycles. The molecule has 3 heterocycles. The number of anilines is 1. The Labute approximate surface area is 205 Å². The number of carbonyl (C=O) groups is 2. The van der Waals surface area contributed by atoms with E-state index < -0.39 is 0 Å². The molecule has 1 unspecified atom stereocenters. The lowest BCUT2D eigenvalue weighted by Crippen LogP contribution is -2.50. The van der Waals surface area contributed by atoms with Crippen LogP contribution in [0.15, 0.2) is 60.9 Å². The standard InChI is InChI=1S/C27H32N6O2/c34-25(28-13-15-31-16-18-32(19-17-31)27-29-11-5-12-30-27)22-8-4-14-33(20-22)26(35)24-10-3-7-21-6-1-2-9-23(21)24/h1-3,5-7,9-12,22H,4,8,13-20H2,(H,28,34). The van der Waals surface area contributed by atoms with Gasteiger partial charge in [0.05, 0.1) is 5.92 Å². The molecule has 8 nitrogen and oxygen atoms in total. The van der Waals surface area contributed by atoms with E-state index in [0.29, 0.717) is 25.2 Å². The molecule has 5 rings (SSSR count). The molecule has 8 heteroatoms. The van der Waals surface area contributed by atoms with Crippen LogP contribution >= 0.6 is 0 Å². The van der Waals surface area contributed by atoms with Crippen LogP contribution in [0.5, 0.6) is 0 Å². The fraction of sp³-hybridized carbons (Fsp3) is 0.407. The van der Waals surface area contributed by atoms with Crippen molar-refractivity contribution in [3.8, 4) is 0 Å². The van der Waals surface area contributed by atoms with Crippen molar-refractivity contribution in [2.45, 2.75) is 12.8 Å². The highest BCUT2D eigenvalue weighted by Crippen LogP contribution is 2.23. The average molecular weight is 473 g/mol. The Kier molecular flexibility index (Phi) is 7.18. The summed E-state index contributed by atoms with van der Waals surface area (Å²) in [5, 5.41) is 5.14. The van der Waals surface area contributed by atoms with Crippen molar-refractivity contribution in [3.05, 3.63) is 66.5 Å². The number of piperazine rings is 1. The molecule has 35 heavy (non-hydrogen) atoms. The molecule has 0 spiro atoms. The highest BCUT2D eigenvalue weighted by atomic mass is 16.2. The van der Waals surface area contributed by atoms with E-state index in [1.807, 2.05) is 53.4 Å². The van der Waals surface area contributed by atoms with Gasteiger partial charge >= 0.3 is 0 Å². The summed E-state index contributed by atoms with van der Waals surface area (Å²) in [6.45, 7) is 6.22. The van der Waals surface area contributed by atoms with Crippen LogP contribution < -0.4 is 10.2 Å². The minimum absolute atomic E-state index is 0.0135. The number of nitrogens with one attached hydrogen (secondary N) is 1. The SMILES string of the molecule is O=C(NCCN1CCN(c2ncccn2)CC1)C1CCCN(C(=O)c2cccc3ccccc23)C1. The first-order valence-electron chi connectivity index (χ1n) is 12.5. The lowest BCUT2D eigenvalue weighted by molar-refractivity contribution is -0.126. The van der Waals surface area contributed by atoms with Crippen LogP contribution in [-0.4, -0.2) is 83.9 Å². The van der Waals surface area contributed by atoms with Gasteiger partial charge in [0.2, 0.25) is 11.9 Å². The second kappa shape index (κ2) is 10.8. The third-order valence-corrected chi connectivity index (χ3v) is 7.03. The van der Waals surface area contributed by atoms with Gasteiger partial charge in [0.25, 0.3) is 5.91 Å². The van der Waals surface area contributed by atoms with Crippen LogP contribution in [0, 0.1) is 5.92 Å². The summed E-state index contributed by atoms with van der Waals surface area (Å²) in [5.41, 5.74) is 0.712. The molecule has 2 fully saturated rings. The molecule has 2 aromatic carbocycles. The maximum absolute atomic E-state index is 13.3. The highest BCUT2D eigenvalue weighted by molar-refractivity contribution is 6.07. The second-order valence-corrected chi connectivity index (χ2v) is 9.29. The number of amides is 2. The first kappa shape index (κ1) is 23.2. The van der Waals surface area contributed by atoms with Gasteiger partial charge in [0, 0.05) is 70.3 Å². The number of hydrogen-bond acceptors (Lipinski definition) is 6. The largest absolute Gasteiger partial charge is 0.355 e. The maximum Gasteiger partial charge on any atom is 0.254 e. The zero-order valence-electron chi connectivity index (χ0n) is 20.0. The third-order valence-electron chi connectivity index (χ3n) is 7.03. The van der Waals surface area contributed by atoms with Crippen LogP contribution in [-0.2, 0) is 4.79 Å². The van der Waals surface area contributed by atoms with Crippen molar-refractivity contribution in [1.29, 1.82) is 0 Å². The third kappa shape index (κ3) is 5.43. The molecular formula is C27H32N6O2. The molecule has 2 saturated heterocycles. The van der Waals surface area contributed by atoms with E-state index in [0.717, 1.165) is 62.3 Å². The van der Waals surface area contributed by atoms with E-state index in [1.165, 1.54) is 0 Å². The van der Waals surface area contributed by atoms with Gasteiger partial charge in [-0.25, -0.2) is 9.97 Å². The quantitative estimate of drug-likeness (QED) is 0.594. The van der Waals surface area contributed by atoms with E-state index >= 15 is 0 Å². The summed E-state index contributed by atoms with van der Waals surface area (Å²) in [6, 6.07) is 15.6. The summed E-state index contributed by atoms with van der Waals surface area (Å²) in [7, 11) is 0. The van der Waals surface area contributed by atoms with E-state index in [9.17, 15) is 9.59 Å². The van der Waals surface area contributed by atoms with E-state index in [1.54, 1.807) is 12.4 Å². The molecule has 0 bridgehead atoms. The first-order chi connectivity index (χ1) is 17.2. The topological polar surface area (TPSA) is 81.7 Å². The fourth-order valence-electron chi connectivity index (χ4n) is 5.07. The monoisotopic (exact) mass is 472 g/mol. The number of rotatable bonds is 6. The number of piperidine rings is 1. The van der Waals surface area contributed by atoms with Crippen molar-refractivity contribution < 1.29 is 9.59 Å². The molecule has 1 aromatic heterocycles. The van der Waals surface area contributed by atoms with Crippen LogP contribution in [0.1, 0.15) is 23.2 Å². The van der Waals surface area contributed by atoms with Gasteiger partial charge in [-0.15, -0.1) is 0 Å². The second-order valence-electron chi connectivity index (χ2n) is 9.29. The van der Waals surface area contributed by atoms with Crippen LogP contribution in [0.4, 0.5) is 5.95 Å². The number of fused-ring (bicyclic) bond motifs is 1. The van der Waals surface area contributed by atoms with Gasteiger partial charge in [0.1, 0.15) is 0 Å². The number of nitrogens with zero attached hydrogens (tertiary/aromatic N) is 5. The van der Waals surface area contributed by atoms with Gasteiger partial charge in [0.15, 0.2) is 0 Å². The Hall–Kier alpha value is -3.52. The maximum atomic E-state index is 13.3. The molecule has 0 aliphatic carbocycles. The van der Waals surface area contributed by atoms with Crippen molar-refractivity contribution in [2.24, 2.45) is 5.92 Å². The smallest absolute Gasteiger partial charge is 0.254 e. The Morgan fingerprint density at radius 3 is 2.51 bits per heavy atom. The zero-order valence-corrected chi connectivity index (χ0v) is 20.0.